The summed E-state index contributed by atoms with van der Waals surface area (Å²) < 4.78 is 32.6. The van der Waals surface area contributed by atoms with Crippen LogP contribution in [-0.2, 0) is 10.0 Å². The molecule has 0 bridgehead atoms. The minimum atomic E-state index is -3.73. The van der Waals surface area contributed by atoms with Gasteiger partial charge in [0, 0.05) is 17.3 Å². The van der Waals surface area contributed by atoms with Crippen LogP contribution in [0, 0.1) is 0 Å². The van der Waals surface area contributed by atoms with Crippen molar-refractivity contribution in [3.63, 3.8) is 0 Å². The van der Waals surface area contributed by atoms with Gasteiger partial charge in [0.2, 0.25) is 0 Å². The standard InChI is InChI=1S/C19H23N3O4S/c1-26-17-6-4-16(5-7-17)22-27(24,25)18-8-2-14(3-9-18)19(23)21-15-10-12-20-13-11-15/h2-9,15,20,22H,10-13H2,1H3,(H,21,23). The average Bonchev–Trinajstić information content (AvgIpc) is 2.69. The lowest BCUT2D eigenvalue weighted by Crippen LogP contribution is -2.42. The highest BCUT2D eigenvalue weighted by molar-refractivity contribution is 7.92. The largest absolute Gasteiger partial charge is 0.497 e. The number of methoxy groups -OCH3 is 1. The van der Waals surface area contributed by atoms with E-state index in [-0.39, 0.29) is 16.8 Å². The minimum Gasteiger partial charge on any atom is -0.497 e. The van der Waals surface area contributed by atoms with E-state index in [1.54, 1.807) is 31.4 Å². The Morgan fingerprint density at radius 2 is 1.67 bits per heavy atom. The highest BCUT2D eigenvalue weighted by atomic mass is 32.2. The Kier molecular flexibility index (Phi) is 5.98. The normalized spacial score (nSPS) is 15.1. The second-order valence-corrected chi connectivity index (χ2v) is 8.04. The van der Waals surface area contributed by atoms with Crippen molar-refractivity contribution in [2.75, 3.05) is 24.9 Å². The smallest absolute Gasteiger partial charge is 0.261 e. The first-order chi connectivity index (χ1) is 13.0. The summed E-state index contributed by atoms with van der Waals surface area (Å²) in [6.45, 7) is 1.78. The summed E-state index contributed by atoms with van der Waals surface area (Å²) in [5.74, 6) is 0.455. The van der Waals surface area contributed by atoms with E-state index in [0.29, 0.717) is 17.0 Å². The van der Waals surface area contributed by atoms with Gasteiger partial charge >= 0.3 is 0 Å². The van der Waals surface area contributed by atoms with Crippen molar-refractivity contribution >= 4 is 21.6 Å². The summed E-state index contributed by atoms with van der Waals surface area (Å²) in [6, 6.07) is 12.7. The number of piperidine rings is 1. The molecule has 1 aliphatic rings. The second-order valence-electron chi connectivity index (χ2n) is 6.36. The number of sulfonamides is 1. The van der Waals surface area contributed by atoms with Crippen LogP contribution in [0.25, 0.3) is 0 Å². The molecule has 3 N–H and O–H groups in total. The maximum Gasteiger partial charge on any atom is 0.261 e. The molecule has 1 saturated heterocycles. The minimum absolute atomic E-state index is 0.0942. The first-order valence-corrected chi connectivity index (χ1v) is 10.2. The number of anilines is 1. The molecule has 1 amide bonds. The van der Waals surface area contributed by atoms with Crippen LogP contribution < -0.4 is 20.1 Å². The molecular formula is C19H23N3O4S. The van der Waals surface area contributed by atoms with Crippen molar-refractivity contribution in [3.8, 4) is 5.75 Å². The van der Waals surface area contributed by atoms with Crippen molar-refractivity contribution in [1.29, 1.82) is 0 Å². The molecule has 144 valence electrons. The van der Waals surface area contributed by atoms with Crippen LogP contribution in [-0.4, -0.2) is 40.6 Å². The highest BCUT2D eigenvalue weighted by Crippen LogP contribution is 2.19. The quantitative estimate of drug-likeness (QED) is 0.702. The Bertz CT molecular complexity index is 874. The molecule has 27 heavy (non-hydrogen) atoms. The van der Waals surface area contributed by atoms with Gasteiger partial charge in [-0.25, -0.2) is 8.42 Å². The Labute approximate surface area is 159 Å². The Hall–Kier alpha value is -2.58. The summed E-state index contributed by atoms with van der Waals surface area (Å²) in [5, 5.41) is 6.23. The van der Waals surface area contributed by atoms with Crippen LogP contribution in [0.3, 0.4) is 0 Å². The molecule has 0 atom stereocenters. The Morgan fingerprint density at radius 3 is 2.26 bits per heavy atom. The van der Waals surface area contributed by atoms with Gasteiger partial charge in [-0.1, -0.05) is 0 Å². The number of carbonyl (C=O) groups is 1. The number of ether oxygens (including phenoxy) is 1. The van der Waals surface area contributed by atoms with Crippen LogP contribution in [0.5, 0.6) is 5.75 Å². The molecule has 7 nitrogen and oxygen atoms in total. The second kappa shape index (κ2) is 8.41. The van der Waals surface area contributed by atoms with Crippen LogP contribution in [0.4, 0.5) is 5.69 Å². The summed E-state index contributed by atoms with van der Waals surface area (Å²) >= 11 is 0. The van der Waals surface area contributed by atoms with E-state index in [4.69, 9.17) is 4.74 Å². The molecule has 1 heterocycles. The van der Waals surface area contributed by atoms with E-state index >= 15 is 0 Å². The number of hydrogen-bond acceptors (Lipinski definition) is 5. The van der Waals surface area contributed by atoms with Gasteiger partial charge < -0.3 is 15.4 Å². The lowest BCUT2D eigenvalue weighted by atomic mass is 10.1. The predicted molar refractivity (Wildman–Crippen MR) is 104 cm³/mol. The fourth-order valence-corrected chi connectivity index (χ4v) is 3.95. The first kappa shape index (κ1) is 19.2. The summed E-state index contributed by atoms with van der Waals surface area (Å²) in [6.07, 6.45) is 1.79. The van der Waals surface area contributed by atoms with E-state index in [0.717, 1.165) is 25.9 Å². The van der Waals surface area contributed by atoms with Crippen molar-refractivity contribution < 1.29 is 17.9 Å². The van der Waals surface area contributed by atoms with Gasteiger partial charge in [0.05, 0.1) is 12.0 Å². The fraction of sp³-hybridized carbons (Fsp3) is 0.316. The lowest BCUT2D eigenvalue weighted by Gasteiger charge is -2.23. The molecule has 0 spiro atoms. The number of nitrogens with one attached hydrogen (secondary N) is 3. The molecule has 1 aliphatic heterocycles. The molecule has 3 rings (SSSR count). The summed E-state index contributed by atoms with van der Waals surface area (Å²) in [4.78, 5) is 12.4. The fourth-order valence-electron chi connectivity index (χ4n) is 2.89. The summed E-state index contributed by atoms with van der Waals surface area (Å²) in [7, 11) is -2.19. The number of amides is 1. The number of benzene rings is 2. The van der Waals surface area contributed by atoms with Crippen LogP contribution >= 0.6 is 0 Å². The first-order valence-electron chi connectivity index (χ1n) is 8.76. The third kappa shape index (κ3) is 4.99. The number of rotatable bonds is 6. The van der Waals surface area contributed by atoms with E-state index in [1.165, 1.54) is 24.3 Å². The van der Waals surface area contributed by atoms with E-state index in [1.807, 2.05) is 0 Å². The lowest BCUT2D eigenvalue weighted by molar-refractivity contribution is 0.0929. The van der Waals surface area contributed by atoms with Gasteiger partial charge in [-0.05, 0) is 74.5 Å². The zero-order chi connectivity index (χ0) is 19.3. The zero-order valence-electron chi connectivity index (χ0n) is 15.1. The molecular weight excluding hydrogens is 366 g/mol. The van der Waals surface area contributed by atoms with E-state index in [9.17, 15) is 13.2 Å². The number of hydrogen-bond donors (Lipinski definition) is 3. The molecule has 0 radical (unpaired) electrons. The predicted octanol–water partition coefficient (Wildman–Crippen LogP) is 1.98. The van der Waals surface area contributed by atoms with Crippen LogP contribution in [0.1, 0.15) is 23.2 Å². The monoisotopic (exact) mass is 389 g/mol. The molecule has 8 heteroatoms. The molecule has 0 unspecified atom stereocenters. The molecule has 2 aromatic carbocycles. The molecule has 0 saturated carbocycles. The van der Waals surface area contributed by atoms with Gasteiger partial charge in [-0.15, -0.1) is 0 Å². The zero-order valence-corrected chi connectivity index (χ0v) is 15.9. The van der Waals surface area contributed by atoms with Gasteiger partial charge in [-0.2, -0.15) is 0 Å². The van der Waals surface area contributed by atoms with Crippen molar-refractivity contribution in [1.82, 2.24) is 10.6 Å². The third-order valence-corrected chi connectivity index (χ3v) is 5.84. The Balaban J connectivity index is 1.66. The van der Waals surface area contributed by atoms with E-state index in [2.05, 4.69) is 15.4 Å². The Morgan fingerprint density at radius 1 is 1.04 bits per heavy atom. The maximum atomic E-state index is 12.5. The van der Waals surface area contributed by atoms with E-state index < -0.39 is 10.0 Å². The molecule has 2 aromatic rings. The van der Waals surface area contributed by atoms with Crippen molar-refractivity contribution in [2.45, 2.75) is 23.8 Å². The molecule has 1 fully saturated rings. The highest BCUT2D eigenvalue weighted by Gasteiger charge is 2.18. The van der Waals surface area contributed by atoms with Crippen LogP contribution in [0.15, 0.2) is 53.4 Å². The third-order valence-electron chi connectivity index (χ3n) is 4.44. The molecule has 0 aliphatic carbocycles. The van der Waals surface area contributed by atoms with Gasteiger partial charge in [0.25, 0.3) is 15.9 Å². The van der Waals surface area contributed by atoms with Gasteiger partial charge in [-0.3, -0.25) is 9.52 Å². The average molecular weight is 389 g/mol. The molecule has 0 aromatic heterocycles. The topological polar surface area (TPSA) is 96.5 Å². The van der Waals surface area contributed by atoms with Crippen LogP contribution in [0.2, 0.25) is 0 Å². The maximum absolute atomic E-state index is 12.5. The van der Waals surface area contributed by atoms with Gasteiger partial charge in [0.15, 0.2) is 0 Å². The van der Waals surface area contributed by atoms with Crippen molar-refractivity contribution in [2.24, 2.45) is 0 Å². The number of carbonyl (C=O) groups excluding carboxylic acids is 1. The van der Waals surface area contributed by atoms with Crippen molar-refractivity contribution in [3.05, 3.63) is 54.1 Å². The summed E-state index contributed by atoms with van der Waals surface area (Å²) in [5.41, 5.74) is 0.875. The van der Waals surface area contributed by atoms with Gasteiger partial charge in [0.1, 0.15) is 5.75 Å². The SMILES string of the molecule is COc1ccc(NS(=O)(=O)c2ccc(C(=O)NC3CCNCC3)cc2)cc1.